The van der Waals surface area contributed by atoms with Gasteiger partial charge in [-0.25, -0.2) is 0 Å². The summed E-state index contributed by atoms with van der Waals surface area (Å²) in [5.41, 5.74) is 2.24. The van der Waals surface area contributed by atoms with Gasteiger partial charge in [0, 0.05) is 31.0 Å². The Morgan fingerprint density at radius 2 is 1.74 bits per heavy atom. The highest BCUT2D eigenvalue weighted by Crippen LogP contribution is 2.29. The van der Waals surface area contributed by atoms with Gasteiger partial charge >= 0.3 is 0 Å². The van der Waals surface area contributed by atoms with Crippen LogP contribution in [0.5, 0.6) is 11.5 Å². The fourth-order valence-electron chi connectivity index (χ4n) is 4.49. The molecule has 0 saturated heterocycles. The van der Waals surface area contributed by atoms with Crippen molar-refractivity contribution < 1.29 is 23.8 Å². The predicted molar refractivity (Wildman–Crippen MR) is 138 cm³/mol. The highest BCUT2D eigenvalue weighted by atomic mass is 32.1. The highest BCUT2D eigenvalue weighted by Gasteiger charge is 2.29. The van der Waals surface area contributed by atoms with E-state index in [0.717, 1.165) is 36.1 Å². The molecule has 0 N–H and O–H groups in total. The van der Waals surface area contributed by atoms with Crippen molar-refractivity contribution in [2.45, 2.75) is 45.6 Å². The smallest absolute Gasteiger partial charge is 0.242 e. The largest absolute Gasteiger partial charge is 0.493 e. The van der Waals surface area contributed by atoms with Gasteiger partial charge in [-0.1, -0.05) is 18.9 Å². The van der Waals surface area contributed by atoms with Gasteiger partial charge in [-0.05, 0) is 60.9 Å². The molecule has 0 bridgehead atoms. The van der Waals surface area contributed by atoms with Crippen LogP contribution in [0.4, 0.5) is 0 Å². The lowest BCUT2D eigenvalue weighted by Crippen LogP contribution is -2.46. The van der Waals surface area contributed by atoms with Crippen LogP contribution in [-0.2, 0) is 27.3 Å². The summed E-state index contributed by atoms with van der Waals surface area (Å²) in [4.78, 5) is 31.5. The molecule has 1 aliphatic carbocycles. The maximum atomic E-state index is 13.6. The Bertz CT molecular complexity index is 970. The molecule has 0 unspecified atom stereocenters. The van der Waals surface area contributed by atoms with Crippen LogP contribution >= 0.6 is 11.3 Å². The van der Waals surface area contributed by atoms with E-state index in [1.54, 1.807) is 37.6 Å². The summed E-state index contributed by atoms with van der Waals surface area (Å²) in [6.45, 7) is 4.07. The second kappa shape index (κ2) is 13.5. The first-order valence-corrected chi connectivity index (χ1v) is 13.1. The number of nitrogens with zero attached hydrogens (tertiary/aromatic N) is 2. The van der Waals surface area contributed by atoms with Crippen molar-refractivity contribution >= 4 is 23.2 Å². The second-order valence-electron chi connectivity index (χ2n) is 9.02. The molecule has 3 rings (SSSR count). The predicted octanol–water partition coefficient (Wildman–Crippen LogP) is 4.31. The summed E-state index contributed by atoms with van der Waals surface area (Å²) >= 11 is 1.66. The molecule has 0 aliphatic heterocycles. The van der Waals surface area contributed by atoms with E-state index in [2.05, 4.69) is 18.4 Å². The van der Waals surface area contributed by atoms with E-state index in [4.69, 9.17) is 14.2 Å². The molecule has 192 valence electrons. The van der Waals surface area contributed by atoms with E-state index in [1.807, 2.05) is 23.1 Å². The number of amides is 2. The topological polar surface area (TPSA) is 68.3 Å². The quantitative estimate of drug-likeness (QED) is 0.408. The molecule has 0 spiro atoms. The third-order valence-electron chi connectivity index (χ3n) is 6.68. The molecule has 35 heavy (non-hydrogen) atoms. The van der Waals surface area contributed by atoms with E-state index in [1.165, 1.54) is 5.56 Å². The van der Waals surface area contributed by atoms with Gasteiger partial charge in [0.15, 0.2) is 11.5 Å². The molecule has 1 aromatic carbocycles. The zero-order chi connectivity index (χ0) is 25.2. The number of benzene rings is 1. The molecule has 8 heteroatoms. The number of hydrogen-bond donors (Lipinski definition) is 0. The fraction of sp³-hybridized carbons (Fsp3) is 0.556. The van der Waals surface area contributed by atoms with Gasteiger partial charge in [0.25, 0.3) is 0 Å². The lowest BCUT2D eigenvalue weighted by Gasteiger charge is -2.29. The Morgan fingerprint density at radius 1 is 1.00 bits per heavy atom. The summed E-state index contributed by atoms with van der Waals surface area (Å²) < 4.78 is 16.0. The number of hydrogen-bond acceptors (Lipinski definition) is 6. The van der Waals surface area contributed by atoms with Crippen LogP contribution < -0.4 is 9.47 Å². The molecular formula is C27H38N2O5S. The number of methoxy groups -OCH3 is 3. The van der Waals surface area contributed by atoms with Crippen molar-refractivity contribution in [3.63, 3.8) is 0 Å². The van der Waals surface area contributed by atoms with Crippen LogP contribution in [0.1, 0.15) is 41.7 Å². The van der Waals surface area contributed by atoms with Crippen molar-refractivity contribution in [1.29, 1.82) is 0 Å². The van der Waals surface area contributed by atoms with E-state index in [-0.39, 0.29) is 24.3 Å². The summed E-state index contributed by atoms with van der Waals surface area (Å²) in [6, 6.07) is 7.91. The molecule has 1 fully saturated rings. The maximum absolute atomic E-state index is 13.6. The van der Waals surface area contributed by atoms with Crippen LogP contribution in [0.25, 0.3) is 0 Å². The van der Waals surface area contributed by atoms with Crippen molar-refractivity contribution in [2.24, 2.45) is 5.92 Å². The first kappa shape index (κ1) is 27.0. The van der Waals surface area contributed by atoms with Crippen molar-refractivity contribution in [3.05, 3.63) is 45.6 Å². The normalized spacial score (nSPS) is 13.6. The van der Waals surface area contributed by atoms with Crippen LogP contribution in [0.2, 0.25) is 0 Å². The van der Waals surface area contributed by atoms with Crippen LogP contribution in [0.15, 0.2) is 29.6 Å². The molecule has 2 aromatic rings. The Kier molecular flexibility index (Phi) is 10.4. The van der Waals surface area contributed by atoms with Gasteiger partial charge in [0.1, 0.15) is 0 Å². The van der Waals surface area contributed by atoms with Crippen LogP contribution in [0.3, 0.4) is 0 Å². The number of aryl methyl sites for hydroxylation is 1. The zero-order valence-electron chi connectivity index (χ0n) is 21.4. The molecule has 0 radical (unpaired) electrons. The molecular weight excluding hydrogens is 464 g/mol. The number of carbonyl (C=O) groups excluding carboxylic acids is 2. The zero-order valence-corrected chi connectivity index (χ0v) is 22.2. The molecule has 1 saturated carbocycles. The van der Waals surface area contributed by atoms with Crippen molar-refractivity contribution in [3.8, 4) is 11.5 Å². The number of rotatable bonds is 13. The first-order valence-electron chi connectivity index (χ1n) is 12.3. The average Bonchev–Trinajstić information content (AvgIpc) is 3.55. The minimum atomic E-state index is -0.0410. The summed E-state index contributed by atoms with van der Waals surface area (Å²) in [7, 11) is 4.85. The van der Waals surface area contributed by atoms with E-state index >= 15 is 0 Å². The summed E-state index contributed by atoms with van der Waals surface area (Å²) in [5, 5.41) is 2.05. The van der Waals surface area contributed by atoms with Gasteiger partial charge in [-0.15, -0.1) is 11.3 Å². The van der Waals surface area contributed by atoms with Crippen molar-refractivity contribution in [2.75, 3.05) is 47.6 Å². The van der Waals surface area contributed by atoms with Gasteiger partial charge in [-0.2, -0.15) is 0 Å². The van der Waals surface area contributed by atoms with Gasteiger partial charge in [-0.3, -0.25) is 9.59 Å². The average molecular weight is 503 g/mol. The van der Waals surface area contributed by atoms with Gasteiger partial charge in [0.2, 0.25) is 11.8 Å². The number of thiophene rings is 1. The number of ether oxygens (including phenoxy) is 3. The molecule has 1 aromatic heterocycles. The lowest BCUT2D eigenvalue weighted by atomic mass is 10.1. The number of carbonyl (C=O) groups is 2. The minimum absolute atomic E-state index is 0.0272. The molecule has 1 heterocycles. The van der Waals surface area contributed by atoms with Gasteiger partial charge < -0.3 is 24.0 Å². The highest BCUT2D eigenvalue weighted by molar-refractivity contribution is 7.10. The Morgan fingerprint density at radius 3 is 2.37 bits per heavy atom. The Balaban J connectivity index is 1.74. The minimum Gasteiger partial charge on any atom is -0.493 e. The van der Waals surface area contributed by atoms with Crippen LogP contribution in [0, 0.1) is 12.8 Å². The molecule has 0 atom stereocenters. The molecule has 1 aliphatic rings. The van der Waals surface area contributed by atoms with E-state index in [9.17, 15) is 9.59 Å². The van der Waals surface area contributed by atoms with E-state index in [0.29, 0.717) is 44.2 Å². The Hall–Kier alpha value is -2.58. The Labute approximate surface area is 213 Å². The summed E-state index contributed by atoms with van der Waals surface area (Å²) in [6.07, 6.45) is 4.65. The third-order valence-corrected chi connectivity index (χ3v) is 7.69. The van der Waals surface area contributed by atoms with E-state index < -0.39 is 0 Å². The summed E-state index contributed by atoms with van der Waals surface area (Å²) in [5.74, 6) is 1.42. The SMILES string of the molecule is COCCN(CC(=O)N(CCc1ccc(OC)c(OC)c1)Cc1sccc1C)C(=O)C1CCCC1. The fourth-order valence-corrected chi connectivity index (χ4v) is 5.42. The first-order chi connectivity index (χ1) is 17.0. The second-order valence-corrected chi connectivity index (χ2v) is 10.0. The monoisotopic (exact) mass is 502 g/mol. The molecule has 7 nitrogen and oxygen atoms in total. The molecule has 2 amide bonds. The standard InChI is InChI=1S/C27H38N2O5S/c1-20-12-16-35-25(20)18-28(13-11-21-9-10-23(33-3)24(17-21)34-4)26(30)19-29(14-15-32-2)27(31)22-7-5-6-8-22/h9-10,12,16-17,22H,5-8,11,13-15,18-19H2,1-4H3. The third kappa shape index (κ3) is 7.45. The van der Waals surface area contributed by atoms with Crippen molar-refractivity contribution in [1.82, 2.24) is 9.80 Å². The lowest BCUT2D eigenvalue weighted by molar-refractivity contribution is -0.143. The van der Waals surface area contributed by atoms with Gasteiger partial charge in [0.05, 0.1) is 33.9 Å². The maximum Gasteiger partial charge on any atom is 0.242 e. The van der Waals surface area contributed by atoms with Crippen LogP contribution in [-0.4, -0.2) is 69.2 Å².